The molecule has 3 nitrogen and oxygen atoms in total. The SMILES string of the molecule is O=C(C1CCCC1)N1CCN(Cc2csc3ccccc23)CC1. The van der Waals surface area contributed by atoms with E-state index in [1.165, 1.54) is 28.5 Å². The van der Waals surface area contributed by atoms with Crippen LogP contribution in [0.25, 0.3) is 10.1 Å². The summed E-state index contributed by atoms with van der Waals surface area (Å²) in [5.41, 5.74) is 1.43. The third-order valence-electron chi connectivity index (χ3n) is 5.34. The number of carbonyl (C=O) groups excluding carboxylic acids is 1. The van der Waals surface area contributed by atoms with Crippen LogP contribution in [0, 0.1) is 5.92 Å². The van der Waals surface area contributed by atoms with E-state index in [2.05, 4.69) is 39.4 Å². The van der Waals surface area contributed by atoms with Gasteiger partial charge in [-0.2, -0.15) is 0 Å². The van der Waals surface area contributed by atoms with Crippen molar-refractivity contribution in [3.63, 3.8) is 0 Å². The van der Waals surface area contributed by atoms with Crippen LogP contribution in [-0.4, -0.2) is 41.9 Å². The van der Waals surface area contributed by atoms with E-state index in [0.29, 0.717) is 11.8 Å². The van der Waals surface area contributed by atoms with Gasteiger partial charge < -0.3 is 4.90 Å². The number of piperazine rings is 1. The molecular weight excluding hydrogens is 304 g/mol. The zero-order valence-electron chi connectivity index (χ0n) is 13.5. The topological polar surface area (TPSA) is 23.6 Å². The molecule has 0 bridgehead atoms. The van der Waals surface area contributed by atoms with Gasteiger partial charge in [-0.05, 0) is 35.2 Å². The summed E-state index contributed by atoms with van der Waals surface area (Å²) < 4.78 is 1.37. The van der Waals surface area contributed by atoms with Crippen LogP contribution in [0.15, 0.2) is 29.6 Å². The lowest BCUT2D eigenvalue weighted by Gasteiger charge is -2.36. The van der Waals surface area contributed by atoms with Gasteiger partial charge in [0.15, 0.2) is 0 Å². The number of rotatable bonds is 3. The lowest BCUT2D eigenvalue weighted by molar-refractivity contribution is -0.137. The minimum atomic E-state index is 0.322. The summed E-state index contributed by atoms with van der Waals surface area (Å²) in [5.74, 6) is 0.741. The van der Waals surface area contributed by atoms with E-state index < -0.39 is 0 Å². The van der Waals surface area contributed by atoms with Gasteiger partial charge in [-0.15, -0.1) is 11.3 Å². The molecule has 1 aromatic heterocycles. The molecule has 1 amide bonds. The van der Waals surface area contributed by atoms with Gasteiger partial charge in [-0.25, -0.2) is 0 Å². The summed E-state index contributed by atoms with van der Waals surface area (Å²) in [6.07, 6.45) is 4.70. The summed E-state index contributed by atoms with van der Waals surface area (Å²) in [6.45, 7) is 4.82. The number of amides is 1. The molecule has 0 radical (unpaired) electrons. The van der Waals surface area contributed by atoms with E-state index >= 15 is 0 Å². The lowest BCUT2D eigenvalue weighted by atomic mass is 10.1. The minimum Gasteiger partial charge on any atom is -0.340 e. The molecule has 1 saturated carbocycles. The van der Waals surface area contributed by atoms with Crippen LogP contribution in [0.2, 0.25) is 0 Å². The summed E-state index contributed by atoms with van der Waals surface area (Å²) in [5, 5.41) is 3.68. The molecule has 23 heavy (non-hydrogen) atoms. The molecule has 1 saturated heterocycles. The molecule has 4 rings (SSSR count). The second kappa shape index (κ2) is 6.62. The molecule has 0 unspecified atom stereocenters. The first-order chi connectivity index (χ1) is 11.3. The van der Waals surface area contributed by atoms with E-state index in [4.69, 9.17) is 0 Å². The Balaban J connectivity index is 1.35. The number of carbonyl (C=O) groups is 1. The van der Waals surface area contributed by atoms with Crippen LogP contribution >= 0.6 is 11.3 Å². The summed E-state index contributed by atoms with van der Waals surface area (Å²) >= 11 is 1.83. The second-order valence-electron chi connectivity index (χ2n) is 6.84. The fourth-order valence-electron chi connectivity index (χ4n) is 3.95. The van der Waals surface area contributed by atoms with Gasteiger partial charge in [0, 0.05) is 43.3 Å². The first-order valence-corrected chi connectivity index (χ1v) is 9.65. The zero-order chi connectivity index (χ0) is 15.6. The maximum Gasteiger partial charge on any atom is 0.225 e. The van der Waals surface area contributed by atoms with E-state index in [1.54, 1.807) is 0 Å². The highest BCUT2D eigenvalue weighted by molar-refractivity contribution is 7.17. The van der Waals surface area contributed by atoms with Crippen LogP contribution in [-0.2, 0) is 11.3 Å². The van der Waals surface area contributed by atoms with E-state index in [9.17, 15) is 4.79 Å². The minimum absolute atomic E-state index is 0.322. The van der Waals surface area contributed by atoms with E-state index in [-0.39, 0.29) is 0 Å². The quantitative estimate of drug-likeness (QED) is 0.857. The third kappa shape index (κ3) is 3.15. The molecule has 0 N–H and O–H groups in total. The zero-order valence-corrected chi connectivity index (χ0v) is 14.4. The molecule has 122 valence electrons. The smallest absolute Gasteiger partial charge is 0.225 e. The van der Waals surface area contributed by atoms with Crippen molar-refractivity contribution in [2.24, 2.45) is 5.92 Å². The summed E-state index contributed by atoms with van der Waals surface area (Å²) in [4.78, 5) is 17.1. The van der Waals surface area contributed by atoms with Crippen LogP contribution < -0.4 is 0 Å². The van der Waals surface area contributed by atoms with Crippen molar-refractivity contribution >= 4 is 27.3 Å². The van der Waals surface area contributed by atoms with Gasteiger partial charge in [0.2, 0.25) is 5.91 Å². The molecule has 1 aliphatic carbocycles. The van der Waals surface area contributed by atoms with Crippen LogP contribution in [0.5, 0.6) is 0 Å². The molecule has 2 fully saturated rings. The third-order valence-corrected chi connectivity index (χ3v) is 6.36. The van der Waals surface area contributed by atoms with Crippen LogP contribution in [0.3, 0.4) is 0 Å². The largest absolute Gasteiger partial charge is 0.340 e. The van der Waals surface area contributed by atoms with Gasteiger partial charge in [0.25, 0.3) is 0 Å². The van der Waals surface area contributed by atoms with Crippen LogP contribution in [0.4, 0.5) is 0 Å². The highest BCUT2D eigenvalue weighted by Gasteiger charge is 2.29. The lowest BCUT2D eigenvalue weighted by Crippen LogP contribution is -2.49. The molecule has 1 aromatic carbocycles. The van der Waals surface area contributed by atoms with Crippen LogP contribution in [0.1, 0.15) is 31.2 Å². The number of hydrogen-bond donors (Lipinski definition) is 0. The fourth-order valence-corrected chi connectivity index (χ4v) is 4.91. The Morgan fingerprint density at radius 1 is 1.09 bits per heavy atom. The number of thiophene rings is 1. The highest BCUT2D eigenvalue weighted by atomic mass is 32.1. The predicted molar refractivity (Wildman–Crippen MR) is 95.6 cm³/mol. The van der Waals surface area contributed by atoms with Crippen molar-refractivity contribution in [1.29, 1.82) is 0 Å². The number of benzene rings is 1. The molecule has 2 aliphatic rings. The maximum atomic E-state index is 12.5. The molecule has 2 heterocycles. The Bertz CT molecular complexity index is 681. The fraction of sp³-hybridized carbons (Fsp3) is 0.526. The van der Waals surface area contributed by atoms with Gasteiger partial charge >= 0.3 is 0 Å². The second-order valence-corrected chi connectivity index (χ2v) is 7.75. The van der Waals surface area contributed by atoms with Gasteiger partial charge in [-0.1, -0.05) is 31.0 Å². The molecule has 4 heteroatoms. The Morgan fingerprint density at radius 3 is 2.61 bits per heavy atom. The first-order valence-electron chi connectivity index (χ1n) is 8.77. The summed E-state index contributed by atoms with van der Waals surface area (Å²) in [6, 6.07) is 8.65. The number of fused-ring (bicyclic) bond motifs is 1. The Kier molecular flexibility index (Phi) is 4.36. The Labute approximate surface area is 141 Å². The molecule has 0 atom stereocenters. The van der Waals surface area contributed by atoms with Crippen molar-refractivity contribution in [3.8, 4) is 0 Å². The standard InChI is InChI=1S/C19H24N2OS/c22-19(15-5-1-2-6-15)21-11-9-20(10-12-21)13-16-14-23-18-8-4-3-7-17(16)18/h3-4,7-8,14-15H,1-2,5-6,9-13H2. The number of hydrogen-bond acceptors (Lipinski definition) is 3. The monoisotopic (exact) mass is 328 g/mol. The number of nitrogens with zero attached hydrogens (tertiary/aromatic N) is 2. The Morgan fingerprint density at radius 2 is 1.83 bits per heavy atom. The van der Waals surface area contributed by atoms with Crippen molar-refractivity contribution in [3.05, 3.63) is 35.2 Å². The van der Waals surface area contributed by atoms with Gasteiger partial charge in [0.1, 0.15) is 0 Å². The average Bonchev–Trinajstić information content (AvgIpc) is 3.25. The van der Waals surface area contributed by atoms with Crippen molar-refractivity contribution in [1.82, 2.24) is 9.80 Å². The summed E-state index contributed by atoms with van der Waals surface area (Å²) in [7, 11) is 0. The maximum absolute atomic E-state index is 12.5. The van der Waals surface area contributed by atoms with E-state index in [0.717, 1.165) is 45.6 Å². The molecule has 1 aliphatic heterocycles. The molecule has 2 aromatic rings. The highest BCUT2D eigenvalue weighted by Crippen LogP contribution is 2.28. The van der Waals surface area contributed by atoms with E-state index in [1.807, 2.05) is 11.3 Å². The van der Waals surface area contributed by atoms with Crippen molar-refractivity contribution in [2.75, 3.05) is 26.2 Å². The normalized spacial score (nSPS) is 20.4. The first kappa shape index (κ1) is 15.2. The van der Waals surface area contributed by atoms with Crippen molar-refractivity contribution in [2.45, 2.75) is 32.2 Å². The average molecular weight is 328 g/mol. The Hall–Kier alpha value is -1.39. The molecular formula is C19H24N2OS. The van der Waals surface area contributed by atoms with Gasteiger partial charge in [0.05, 0.1) is 0 Å². The van der Waals surface area contributed by atoms with Crippen molar-refractivity contribution < 1.29 is 4.79 Å². The predicted octanol–water partition coefficient (Wildman–Crippen LogP) is 3.74. The molecule has 0 spiro atoms. The van der Waals surface area contributed by atoms with Gasteiger partial charge in [-0.3, -0.25) is 9.69 Å².